The van der Waals surface area contributed by atoms with Gasteiger partial charge in [0, 0.05) is 38.3 Å². The molecule has 1 fully saturated rings. The van der Waals surface area contributed by atoms with Crippen molar-refractivity contribution in [3.8, 4) is 0 Å². The highest BCUT2D eigenvalue weighted by atomic mass is 32.2. The number of anilines is 1. The van der Waals surface area contributed by atoms with Crippen LogP contribution in [0.15, 0.2) is 23.1 Å². The van der Waals surface area contributed by atoms with Crippen LogP contribution in [0.1, 0.15) is 25.3 Å². The Morgan fingerprint density at radius 2 is 2.13 bits per heavy atom. The van der Waals surface area contributed by atoms with Crippen molar-refractivity contribution < 1.29 is 13.2 Å². The van der Waals surface area contributed by atoms with Gasteiger partial charge in [0.2, 0.25) is 15.9 Å². The number of carbonyl (C=O) groups excluding carboxylic acids is 1. The minimum absolute atomic E-state index is 0.00650. The molecule has 2 aliphatic rings. The van der Waals surface area contributed by atoms with E-state index in [9.17, 15) is 13.2 Å². The molecule has 2 aliphatic heterocycles. The van der Waals surface area contributed by atoms with Crippen molar-refractivity contribution in [1.82, 2.24) is 9.62 Å². The Bertz CT molecular complexity index is 717. The smallest absolute Gasteiger partial charge is 0.243 e. The van der Waals surface area contributed by atoms with Crippen molar-refractivity contribution in [2.24, 2.45) is 0 Å². The zero-order valence-corrected chi connectivity index (χ0v) is 14.4. The Labute approximate surface area is 137 Å². The molecule has 2 heterocycles. The van der Waals surface area contributed by atoms with Crippen molar-refractivity contribution >= 4 is 21.6 Å². The van der Waals surface area contributed by atoms with Crippen molar-refractivity contribution in [2.75, 3.05) is 31.6 Å². The summed E-state index contributed by atoms with van der Waals surface area (Å²) < 4.78 is 27.5. The first kappa shape index (κ1) is 16.4. The van der Waals surface area contributed by atoms with Crippen LogP contribution in [0.2, 0.25) is 0 Å². The minimum Gasteiger partial charge on any atom is -0.318 e. The lowest BCUT2D eigenvalue weighted by molar-refractivity contribution is -0.116. The lowest BCUT2D eigenvalue weighted by Gasteiger charge is -2.24. The van der Waals surface area contributed by atoms with Crippen LogP contribution >= 0.6 is 0 Å². The average molecular weight is 337 g/mol. The number of nitrogens with zero attached hydrogens (tertiary/aromatic N) is 2. The van der Waals surface area contributed by atoms with Crippen LogP contribution in [-0.2, 0) is 21.2 Å². The highest BCUT2D eigenvalue weighted by molar-refractivity contribution is 7.89. The molecule has 7 heteroatoms. The fraction of sp³-hybridized carbons (Fsp3) is 0.562. The van der Waals surface area contributed by atoms with Gasteiger partial charge in [0.05, 0.1) is 4.90 Å². The summed E-state index contributed by atoms with van der Waals surface area (Å²) in [6.07, 6.45) is 2.50. The summed E-state index contributed by atoms with van der Waals surface area (Å²) in [6.45, 7) is 3.40. The van der Waals surface area contributed by atoms with Gasteiger partial charge < -0.3 is 10.2 Å². The molecule has 0 aromatic heterocycles. The van der Waals surface area contributed by atoms with Crippen molar-refractivity contribution in [1.29, 1.82) is 0 Å². The predicted molar refractivity (Wildman–Crippen MR) is 89.0 cm³/mol. The second-order valence-electron chi connectivity index (χ2n) is 6.18. The third kappa shape index (κ3) is 2.88. The second-order valence-corrected chi connectivity index (χ2v) is 8.07. The molecule has 1 aromatic carbocycles. The van der Waals surface area contributed by atoms with E-state index < -0.39 is 10.0 Å². The fourth-order valence-electron chi connectivity index (χ4n) is 3.57. The quantitative estimate of drug-likeness (QED) is 0.889. The normalized spacial score (nSPS) is 21.7. The molecule has 3 rings (SSSR count). The summed E-state index contributed by atoms with van der Waals surface area (Å²) in [4.78, 5) is 13.6. The van der Waals surface area contributed by atoms with Crippen LogP contribution in [0.5, 0.6) is 0 Å². The Balaban J connectivity index is 1.91. The van der Waals surface area contributed by atoms with Gasteiger partial charge in [-0.1, -0.05) is 0 Å². The van der Waals surface area contributed by atoms with E-state index in [4.69, 9.17) is 0 Å². The van der Waals surface area contributed by atoms with E-state index in [1.54, 1.807) is 27.4 Å². The predicted octanol–water partition coefficient (Wildman–Crippen LogP) is 0.968. The van der Waals surface area contributed by atoms with Crippen LogP contribution < -0.4 is 10.2 Å². The molecule has 0 spiro atoms. The number of carbonyl (C=O) groups is 1. The Hall–Kier alpha value is -1.44. The largest absolute Gasteiger partial charge is 0.318 e. The molecule has 0 aliphatic carbocycles. The Morgan fingerprint density at radius 3 is 2.83 bits per heavy atom. The SMILES string of the molecule is CNCC1CCCN1S(=O)(=O)c1ccc2c(c1)CCN2C(C)=O. The summed E-state index contributed by atoms with van der Waals surface area (Å²) in [5.74, 6) is -0.00650. The van der Waals surface area contributed by atoms with Gasteiger partial charge in [-0.2, -0.15) is 4.31 Å². The number of hydrogen-bond acceptors (Lipinski definition) is 4. The molecule has 1 amide bonds. The summed E-state index contributed by atoms with van der Waals surface area (Å²) in [5, 5.41) is 3.07. The lowest BCUT2D eigenvalue weighted by Crippen LogP contribution is -2.40. The number of sulfonamides is 1. The second kappa shape index (κ2) is 6.22. The van der Waals surface area contributed by atoms with Crippen LogP contribution in [0.4, 0.5) is 5.69 Å². The van der Waals surface area contributed by atoms with Gasteiger partial charge in [-0.3, -0.25) is 4.79 Å². The molecule has 0 radical (unpaired) electrons. The number of amides is 1. The van der Waals surface area contributed by atoms with E-state index in [0.717, 1.165) is 24.1 Å². The number of benzene rings is 1. The fourth-order valence-corrected chi connectivity index (χ4v) is 5.31. The van der Waals surface area contributed by atoms with Gasteiger partial charge in [0.1, 0.15) is 0 Å². The topological polar surface area (TPSA) is 69.7 Å². The van der Waals surface area contributed by atoms with Gasteiger partial charge in [-0.05, 0) is 50.1 Å². The molecule has 0 bridgehead atoms. The third-order valence-corrected chi connectivity index (χ3v) is 6.64. The Morgan fingerprint density at radius 1 is 1.35 bits per heavy atom. The van der Waals surface area contributed by atoms with Crippen LogP contribution in [-0.4, -0.2) is 51.4 Å². The minimum atomic E-state index is -3.48. The van der Waals surface area contributed by atoms with Crippen molar-refractivity contribution in [2.45, 2.75) is 37.1 Å². The van der Waals surface area contributed by atoms with Crippen LogP contribution in [0, 0.1) is 0 Å². The van der Waals surface area contributed by atoms with Crippen LogP contribution in [0.3, 0.4) is 0 Å². The molecular formula is C16H23N3O3S. The first-order chi connectivity index (χ1) is 10.9. The van der Waals surface area contributed by atoms with E-state index in [1.165, 1.54) is 6.92 Å². The molecule has 1 atom stereocenters. The number of fused-ring (bicyclic) bond motifs is 1. The molecule has 1 N–H and O–H groups in total. The van der Waals surface area contributed by atoms with Gasteiger partial charge in [-0.25, -0.2) is 8.42 Å². The van der Waals surface area contributed by atoms with Crippen molar-refractivity contribution in [3.05, 3.63) is 23.8 Å². The summed E-state index contributed by atoms with van der Waals surface area (Å²) in [6, 6.07) is 5.15. The molecule has 1 aromatic rings. The average Bonchev–Trinajstić information content (AvgIpc) is 3.13. The molecule has 23 heavy (non-hydrogen) atoms. The van der Waals surface area contributed by atoms with Gasteiger partial charge in [-0.15, -0.1) is 0 Å². The van der Waals surface area contributed by atoms with E-state index in [-0.39, 0.29) is 11.9 Å². The van der Waals surface area contributed by atoms with E-state index >= 15 is 0 Å². The maximum absolute atomic E-state index is 13.0. The number of rotatable bonds is 4. The number of nitrogens with one attached hydrogen (secondary N) is 1. The molecule has 1 unspecified atom stereocenters. The Kier molecular flexibility index (Phi) is 4.44. The van der Waals surface area contributed by atoms with E-state index in [0.29, 0.717) is 31.0 Å². The summed E-state index contributed by atoms with van der Waals surface area (Å²) in [5.41, 5.74) is 1.77. The first-order valence-corrected chi connectivity index (χ1v) is 9.46. The number of likely N-dealkylation sites (N-methyl/N-ethyl adjacent to an activating group) is 1. The maximum Gasteiger partial charge on any atom is 0.243 e. The van der Waals surface area contributed by atoms with Crippen molar-refractivity contribution in [3.63, 3.8) is 0 Å². The third-order valence-electron chi connectivity index (χ3n) is 4.70. The molecule has 126 valence electrons. The standard InChI is InChI=1S/C16H23N3O3S/c1-12(20)18-9-7-13-10-15(5-6-16(13)18)23(21,22)19-8-3-4-14(19)11-17-2/h5-6,10,14,17H,3-4,7-9,11H2,1-2H3. The summed E-state index contributed by atoms with van der Waals surface area (Å²) in [7, 11) is -1.64. The summed E-state index contributed by atoms with van der Waals surface area (Å²) >= 11 is 0. The maximum atomic E-state index is 13.0. The van der Waals surface area contributed by atoms with E-state index in [2.05, 4.69) is 5.32 Å². The van der Waals surface area contributed by atoms with Gasteiger partial charge in [0.25, 0.3) is 0 Å². The number of hydrogen-bond donors (Lipinski definition) is 1. The highest BCUT2D eigenvalue weighted by Gasteiger charge is 2.35. The molecular weight excluding hydrogens is 314 g/mol. The monoisotopic (exact) mass is 337 g/mol. The molecule has 1 saturated heterocycles. The molecule has 0 saturated carbocycles. The zero-order valence-electron chi connectivity index (χ0n) is 13.6. The van der Waals surface area contributed by atoms with Crippen LogP contribution in [0.25, 0.3) is 0 Å². The zero-order chi connectivity index (χ0) is 16.6. The lowest BCUT2D eigenvalue weighted by atomic mass is 10.2. The van der Waals surface area contributed by atoms with Gasteiger partial charge in [0.15, 0.2) is 0 Å². The van der Waals surface area contributed by atoms with E-state index in [1.807, 2.05) is 7.05 Å². The molecule has 6 nitrogen and oxygen atoms in total. The first-order valence-electron chi connectivity index (χ1n) is 8.02. The van der Waals surface area contributed by atoms with Gasteiger partial charge >= 0.3 is 0 Å². The highest BCUT2D eigenvalue weighted by Crippen LogP contribution is 2.32.